The third-order valence-corrected chi connectivity index (χ3v) is 3.29. The van der Waals surface area contributed by atoms with Gasteiger partial charge in [0.1, 0.15) is 0 Å². The first-order valence-electron chi connectivity index (χ1n) is 5.99. The molecule has 1 atom stereocenters. The van der Waals surface area contributed by atoms with Crippen LogP contribution in [0, 0.1) is 0 Å². The number of hydrogen-bond acceptors (Lipinski definition) is 2. The third kappa shape index (κ3) is 2.99. The summed E-state index contributed by atoms with van der Waals surface area (Å²) in [6, 6.07) is 7.32. The first-order valence-corrected chi connectivity index (χ1v) is 6.36. The van der Waals surface area contributed by atoms with Gasteiger partial charge in [-0.2, -0.15) is 0 Å². The van der Waals surface area contributed by atoms with Crippen LogP contribution in [0.1, 0.15) is 19.8 Å². The predicted octanol–water partition coefficient (Wildman–Crippen LogP) is 2.44. The van der Waals surface area contributed by atoms with Gasteiger partial charge in [-0.1, -0.05) is 11.6 Å². The molecule has 3 nitrogen and oxygen atoms in total. The van der Waals surface area contributed by atoms with E-state index >= 15 is 0 Å². The van der Waals surface area contributed by atoms with Gasteiger partial charge in [-0.05, 0) is 50.6 Å². The van der Waals surface area contributed by atoms with Gasteiger partial charge in [-0.3, -0.25) is 4.79 Å². The Hall–Kier alpha value is -1.06. The largest absolute Gasteiger partial charge is 0.311 e. The molecule has 1 amide bonds. The molecule has 1 saturated heterocycles. The van der Waals surface area contributed by atoms with E-state index in [1.807, 2.05) is 36.1 Å². The van der Waals surface area contributed by atoms with Crippen molar-refractivity contribution in [3.05, 3.63) is 29.3 Å². The van der Waals surface area contributed by atoms with Crippen molar-refractivity contribution in [3.63, 3.8) is 0 Å². The van der Waals surface area contributed by atoms with Crippen molar-refractivity contribution in [1.29, 1.82) is 0 Å². The number of nitrogens with zero attached hydrogens (tertiary/aromatic N) is 1. The molecule has 1 N–H and O–H groups in total. The summed E-state index contributed by atoms with van der Waals surface area (Å²) >= 11 is 5.86. The first-order chi connectivity index (χ1) is 8.18. The van der Waals surface area contributed by atoms with Crippen molar-refractivity contribution in [2.75, 3.05) is 18.0 Å². The highest BCUT2D eigenvalue weighted by atomic mass is 35.5. The minimum atomic E-state index is -0.119. The number of hydrogen-bond donors (Lipinski definition) is 1. The fraction of sp³-hybridized carbons (Fsp3) is 0.462. The molecule has 0 radical (unpaired) electrons. The van der Waals surface area contributed by atoms with Crippen molar-refractivity contribution < 1.29 is 4.79 Å². The highest BCUT2D eigenvalue weighted by molar-refractivity contribution is 6.30. The van der Waals surface area contributed by atoms with Crippen molar-refractivity contribution in [2.45, 2.75) is 25.8 Å². The van der Waals surface area contributed by atoms with Crippen LogP contribution in [0.2, 0.25) is 5.02 Å². The van der Waals surface area contributed by atoms with Gasteiger partial charge in [0.05, 0.1) is 6.04 Å². The molecule has 1 aliphatic heterocycles. The van der Waals surface area contributed by atoms with E-state index in [-0.39, 0.29) is 11.9 Å². The molecule has 0 spiro atoms. The summed E-state index contributed by atoms with van der Waals surface area (Å²) in [5.41, 5.74) is 0.926. The number of carbonyl (C=O) groups is 1. The second-order valence-electron chi connectivity index (χ2n) is 4.35. The molecule has 1 aromatic rings. The van der Waals surface area contributed by atoms with Crippen LogP contribution < -0.4 is 10.2 Å². The van der Waals surface area contributed by atoms with E-state index in [2.05, 4.69) is 5.32 Å². The maximum atomic E-state index is 12.2. The standard InChI is InChI=1S/C13H17ClN2O/c1-10-13(17)16(9-3-2-8-15-10)12-6-4-11(14)5-7-12/h4-7,10,15H,2-3,8-9H2,1H3. The van der Waals surface area contributed by atoms with E-state index < -0.39 is 0 Å². The van der Waals surface area contributed by atoms with Gasteiger partial charge in [-0.15, -0.1) is 0 Å². The van der Waals surface area contributed by atoms with Crippen molar-refractivity contribution in [2.24, 2.45) is 0 Å². The number of benzene rings is 1. The molecule has 0 aromatic heterocycles. The number of anilines is 1. The van der Waals surface area contributed by atoms with Crippen LogP contribution in [0.5, 0.6) is 0 Å². The van der Waals surface area contributed by atoms with Crippen LogP contribution in [-0.2, 0) is 4.79 Å². The fourth-order valence-electron chi connectivity index (χ4n) is 2.02. The van der Waals surface area contributed by atoms with Crippen LogP contribution in [0.3, 0.4) is 0 Å². The van der Waals surface area contributed by atoms with Gasteiger partial charge in [0.25, 0.3) is 0 Å². The summed E-state index contributed by atoms with van der Waals surface area (Å²) in [5, 5.41) is 3.92. The molecule has 17 heavy (non-hydrogen) atoms. The summed E-state index contributed by atoms with van der Waals surface area (Å²) in [5.74, 6) is 0.132. The van der Waals surface area contributed by atoms with E-state index in [1.165, 1.54) is 0 Å². The molecule has 1 fully saturated rings. The molecule has 0 bridgehead atoms. The Labute approximate surface area is 107 Å². The Balaban J connectivity index is 2.21. The Bertz CT molecular complexity index is 391. The molecule has 1 unspecified atom stereocenters. The van der Waals surface area contributed by atoms with Gasteiger partial charge in [0, 0.05) is 17.3 Å². The van der Waals surface area contributed by atoms with E-state index in [1.54, 1.807) is 0 Å². The van der Waals surface area contributed by atoms with E-state index in [0.717, 1.165) is 31.6 Å². The molecular formula is C13H17ClN2O. The third-order valence-electron chi connectivity index (χ3n) is 3.03. The number of amides is 1. The zero-order valence-corrected chi connectivity index (χ0v) is 10.7. The molecule has 1 heterocycles. The lowest BCUT2D eigenvalue weighted by molar-refractivity contribution is -0.120. The molecule has 0 aliphatic carbocycles. The van der Waals surface area contributed by atoms with E-state index in [9.17, 15) is 4.79 Å². The van der Waals surface area contributed by atoms with Crippen LogP contribution in [0.25, 0.3) is 0 Å². The van der Waals surface area contributed by atoms with Crippen molar-refractivity contribution >= 4 is 23.2 Å². The van der Waals surface area contributed by atoms with Crippen molar-refractivity contribution in [1.82, 2.24) is 5.32 Å². The van der Waals surface area contributed by atoms with Gasteiger partial charge in [0.15, 0.2) is 0 Å². The number of halogens is 1. The van der Waals surface area contributed by atoms with Gasteiger partial charge >= 0.3 is 0 Å². The molecular weight excluding hydrogens is 236 g/mol. The zero-order chi connectivity index (χ0) is 12.3. The number of nitrogens with one attached hydrogen (secondary N) is 1. The maximum absolute atomic E-state index is 12.2. The lowest BCUT2D eigenvalue weighted by Crippen LogP contribution is -2.47. The summed E-state index contributed by atoms with van der Waals surface area (Å²) < 4.78 is 0. The highest BCUT2D eigenvalue weighted by Crippen LogP contribution is 2.20. The quantitative estimate of drug-likeness (QED) is 0.833. The maximum Gasteiger partial charge on any atom is 0.243 e. The minimum absolute atomic E-state index is 0.119. The normalized spacial score (nSPS) is 22.1. The molecule has 1 aliphatic rings. The molecule has 92 valence electrons. The molecule has 1 aromatic carbocycles. The SMILES string of the molecule is CC1NCCCCN(c2ccc(Cl)cc2)C1=O. The smallest absolute Gasteiger partial charge is 0.243 e. The predicted molar refractivity (Wildman–Crippen MR) is 70.5 cm³/mol. The van der Waals surface area contributed by atoms with Crippen LogP contribution in [0.4, 0.5) is 5.69 Å². The van der Waals surface area contributed by atoms with Gasteiger partial charge < -0.3 is 10.2 Å². The molecule has 0 saturated carbocycles. The highest BCUT2D eigenvalue weighted by Gasteiger charge is 2.22. The van der Waals surface area contributed by atoms with Gasteiger partial charge in [-0.25, -0.2) is 0 Å². The average molecular weight is 253 g/mol. The number of carbonyl (C=O) groups excluding carboxylic acids is 1. The average Bonchev–Trinajstić information content (AvgIpc) is 2.32. The van der Waals surface area contributed by atoms with Crippen LogP contribution in [0.15, 0.2) is 24.3 Å². The Morgan fingerprint density at radius 3 is 2.71 bits per heavy atom. The monoisotopic (exact) mass is 252 g/mol. The topological polar surface area (TPSA) is 32.3 Å². The Morgan fingerprint density at radius 1 is 1.29 bits per heavy atom. The van der Waals surface area contributed by atoms with E-state index in [0.29, 0.717) is 5.02 Å². The second-order valence-corrected chi connectivity index (χ2v) is 4.79. The Morgan fingerprint density at radius 2 is 2.00 bits per heavy atom. The second kappa shape index (κ2) is 5.52. The lowest BCUT2D eigenvalue weighted by atomic mass is 10.1. The minimum Gasteiger partial charge on any atom is -0.311 e. The fourth-order valence-corrected chi connectivity index (χ4v) is 2.15. The first kappa shape index (κ1) is 12.4. The summed E-state index contributed by atoms with van der Waals surface area (Å²) in [6.07, 6.45) is 2.12. The number of rotatable bonds is 1. The van der Waals surface area contributed by atoms with E-state index in [4.69, 9.17) is 11.6 Å². The summed E-state index contributed by atoms with van der Waals surface area (Å²) in [6.45, 7) is 3.62. The zero-order valence-electron chi connectivity index (χ0n) is 9.95. The van der Waals surface area contributed by atoms with Crippen LogP contribution in [-0.4, -0.2) is 25.0 Å². The summed E-state index contributed by atoms with van der Waals surface area (Å²) in [7, 11) is 0. The summed E-state index contributed by atoms with van der Waals surface area (Å²) in [4.78, 5) is 14.1. The van der Waals surface area contributed by atoms with Crippen molar-refractivity contribution in [3.8, 4) is 0 Å². The Kier molecular flexibility index (Phi) is 4.02. The molecule has 4 heteroatoms. The van der Waals surface area contributed by atoms with Gasteiger partial charge in [0.2, 0.25) is 5.91 Å². The molecule has 2 rings (SSSR count). The van der Waals surface area contributed by atoms with Crippen LogP contribution >= 0.6 is 11.6 Å². The lowest BCUT2D eigenvalue weighted by Gasteiger charge is -2.28.